The average molecular weight is 333 g/mol. The molecule has 0 saturated carbocycles. The Morgan fingerprint density at radius 2 is 2.00 bits per heavy atom. The van der Waals surface area contributed by atoms with E-state index in [0.29, 0.717) is 23.7 Å². The zero-order valence-electron chi connectivity index (χ0n) is 12.5. The van der Waals surface area contributed by atoms with Crippen molar-refractivity contribution in [2.45, 2.75) is 26.7 Å². The Hall–Kier alpha value is -1.11. The topological polar surface area (TPSA) is 66.5 Å². The molecule has 1 N–H and O–H groups in total. The van der Waals surface area contributed by atoms with Gasteiger partial charge in [-0.25, -0.2) is 12.7 Å². The number of rotatable bonds is 7. The number of carbonyl (C=O) groups is 1. The van der Waals surface area contributed by atoms with Gasteiger partial charge in [-0.15, -0.1) is 0 Å². The van der Waals surface area contributed by atoms with E-state index in [4.69, 9.17) is 11.6 Å². The van der Waals surface area contributed by atoms with E-state index in [1.807, 2.05) is 13.8 Å². The van der Waals surface area contributed by atoms with Crippen molar-refractivity contribution in [3.63, 3.8) is 0 Å². The van der Waals surface area contributed by atoms with E-state index in [2.05, 4.69) is 5.32 Å². The first-order valence-electron chi connectivity index (χ1n) is 6.75. The highest BCUT2D eigenvalue weighted by molar-refractivity contribution is 7.88. The highest BCUT2D eigenvalue weighted by Crippen LogP contribution is 2.19. The lowest BCUT2D eigenvalue weighted by Crippen LogP contribution is -2.33. The Morgan fingerprint density at radius 1 is 1.33 bits per heavy atom. The SMILES string of the molecule is CCCN(CCC(=O)Nc1ccc(Cl)cc1C)S(C)(=O)=O. The Kier molecular flexibility index (Phi) is 6.64. The fourth-order valence-electron chi connectivity index (χ4n) is 1.90. The maximum absolute atomic E-state index is 11.9. The number of benzene rings is 1. The molecule has 0 aromatic heterocycles. The average Bonchev–Trinajstić information content (AvgIpc) is 2.36. The van der Waals surface area contributed by atoms with Crippen LogP contribution >= 0.6 is 11.6 Å². The number of anilines is 1. The van der Waals surface area contributed by atoms with Crippen LogP contribution in [0.3, 0.4) is 0 Å². The van der Waals surface area contributed by atoms with Gasteiger partial charge in [-0.2, -0.15) is 0 Å². The molecule has 0 unspecified atom stereocenters. The molecule has 0 radical (unpaired) electrons. The third-order valence-electron chi connectivity index (χ3n) is 2.99. The predicted molar refractivity (Wildman–Crippen MR) is 86.1 cm³/mol. The Labute approximate surface area is 131 Å². The first-order valence-corrected chi connectivity index (χ1v) is 8.97. The van der Waals surface area contributed by atoms with Crippen LogP contribution in [0.1, 0.15) is 25.3 Å². The fraction of sp³-hybridized carbons (Fsp3) is 0.500. The molecule has 1 rings (SSSR count). The molecule has 0 aliphatic rings. The molecule has 0 spiro atoms. The number of carbonyl (C=O) groups excluding carboxylic acids is 1. The molecule has 21 heavy (non-hydrogen) atoms. The lowest BCUT2D eigenvalue weighted by Gasteiger charge is -2.18. The second-order valence-electron chi connectivity index (χ2n) is 4.92. The van der Waals surface area contributed by atoms with E-state index in [9.17, 15) is 13.2 Å². The summed E-state index contributed by atoms with van der Waals surface area (Å²) in [4.78, 5) is 11.9. The van der Waals surface area contributed by atoms with E-state index in [1.54, 1.807) is 18.2 Å². The standard InChI is InChI=1S/C14H21ClN2O3S/c1-4-8-17(21(3,19)20)9-7-14(18)16-13-6-5-12(15)10-11(13)2/h5-6,10H,4,7-9H2,1-3H3,(H,16,18). The van der Waals surface area contributed by atoms with Crippen molar-refractivity contribution in [1.82, 2.24) is 4.31 Å². The third kappa shape index (κ3) is 6.03. The van der Waals surface area contributed by atoms with E-state index in [0.717, 1.165) is 11.8 Å². The van der Waals surface area contributed by atoms with Crippen LogP contribution in [-0.2, 0) is 14.8 Å². The normalized spacial score (nSPS) is 11.7. The lowest BCUT2D eigenvalue weighted by atomic mass is 10.2. The number of hydrogen-bond acceptors (Lipinski definition) is 3. The lowest BCUT2D eigenvalue weighted by molar-refractivity contribution is -0.116. The van der Waals surface area contributed by atoms with Gasteiger partial charge in [-0.3, -0.25) is 4.79 Å². The van der Waals surface area contributed by atoms with Crippen molar-refractivity contribution >= 4 is 33.2 Å². The highest BCUT2D eigenvalue weighted by atomic mass is 35.5. The van der Waals surface area contributed by atoms with Gasteiger partial charge >= 0.3 is 0 Å². The molecule has 1 aromatic rings. The predicted octanol–water partition coefficient (Wildman–Crippen LogP) is 2.65. The minimum Gasteiger partial charge on any atom is -0.326 e. The zero-order chi connectivity index (χ0) is 16.0. The van der Waals surface area contributed by atoms with Gasteiger partial charge in [-0.1, -0.05) is 18.5 Å². The largest absolute Gasteiger partial charge is 0.326 e. The Balaban J connectivity index is 2.61. The van der Waals surface area contributed by atoms with Crippen molar-refractivity contribution in [2.75, 3.05) is 24.7 Å². The van der Waals surface area contributed by atoms with Crippen LogP contribution in [-0.4, -0.2) is 38.0 Å². The van der Waals surface area contributed by atoms with Crippen molar-refractivity contribution in [3.8, 4) is 0 Å². The number of nitrogens with one attached hydrogen (secondary N) is 1. The molecule has 7 heteroatoms. The van der Waals surface area contributed by atoms with E-state index in [-0.39, 0.29) is 18.9 Å². The summed E-state index contributed by atoms with van der Waals surface area (Å²) in [5.41, 5.74) is 1.55. The summed E-state index contributed by atoms with van der Waals surface area (Å²) < 4.78 is 24.4. The summed E-state index contributed by atoms with van der Waals surface area (Å²) in [5, 5.41) is 3.38. The van der Waals surface area contributed by atoms with Crippen LogP contribution in [0.25, 0.3) is 0 Å². The number of aryl methyl sites for hydroxylation is 1. The summed E-state index contributed by atoms with van der Waals surface area (Å²) in [5.74, 6) is -0.217. The van der Waals surface area contributed by atoms with Gasteiger partial charge in [0, 0.05) is 30.2 Å². The quantitative estimate of drug-likeness (QED) is 0.834. The van der Waals surface area contributed by atoms with Gasteiger partial charge in [0.1, 0.15) is 0 Å². The van der Waals surface area contributed by atoms with Crippen molar-refractivity contribution in [2.24, 2.45) is 0 Å². The van der Waals surface area contributed by atoms with Crippen LogP contribution in [0.15, 0.2) is 18.2 Å². The zero-order valence-corrected chi connectivity index (χ0v) is 14.1. The van der Waals surface area contributed by atoms with Crippen molar-refractivity contribution in [3.05, 3.63) is 28.8 Å². The van der Waals surface area contributed by atoms with Crippen LogP contribution in [0.4, 0.5) is 5.69 Å². The van der Waals surface area contributed by atoms with Gasteiger partial charge < -0.3 is 5.32 Å². The van der Waals surface area contributed by atoms with Crippen molar-refractivity contribution < 1.29 is 13.2 Å². The van der Waals surface area contributed by atoms with E-state index >= 15 is 0 Å². The van der Waals surface area contributed by atoms with Gasteiger partial charge in [0.05, 0.1) is 6.26 Å². The molecule has 0 aliphatic heterocycles. The molecule has 0 fully saturated rings. The Morgan fingerprint density at radius 3 is 2.52 bits per heavy atom. The van der Waals surface area contributed by atoms with Gasteiger partial charge in [0.2, 0.25) is 15.9 Å². The summed E-state index contributed by atoms with van der Waals surface area (Å²) in [7, 11) is -3.27. The maximum atomic E-state index is 11.9. The summed E-state index contributed by atoms with van der Waals surface area (Å²) in [6.07, 6.45) is 1.99. The number of hydrogen-bond donors (Lipinski definition) is 1. The number of amides is 1. The van der Waals surface area contributed by atoms with Crippen LogP contribution in [0.2, 0.25) is 5.02 Å². The minimum atomic E-state index is -3.27. The van der Waals surface area contributed by atoms with Gasteiger partial charge in [-0.05, 0) is 37.1 Å². The number of nitrogens with zero attached hydrogens (tertiary/aromatic N) is 1. The molecule has 5 nitrogen and oxygen atoms in total. The second-order valence-corrected chi connectivity index (χ2v) is 7.34. The molecular formula is C14H21ClN2O3S. The van der Waals surface area contributed by atoms with Crippen LogP contribution in [0.5, 0.6) is 0 Å². The van der Waals surface area contributed by atoms with E-state index in [1.165, 1.54) is 4.31 Å². The molecule has 0 aliphatic carbocycles. The smallest absolute Gasteiger partial charge is 0.225 e. The van der Waals surface area contributed by atoms with Crippen LogP contribution in [0, 0.1) is 6.92 Å². The van der Waals surface area contributed by atoms with Gasteiger partial charge in [0.15, 0.2) is 0 Å². The van der Waals surface area contributed by atoms with Gasteiger partial charge in [0.25, 0.3) is 0 Å². The second kappa shape index (κ2) is 7.77. The molecule has 0 bridgehead atoms. The maximum Gasteiger partial charge on any atom is 0.225 e. The highest BCUT2D eigenvalue weighted by Gasteiger charge is 2.16. The minimum absolute atomic E-state index is 0.120. The molecule has 1 amide bonds. The number of halogens is 1. The first-order chi connectivity index (χ1) is 9.74. The number of sulfonamides is 1. The van der Waals surface area contributed by atoms with Crippen LogP contribution < -0.4 is 5.32 Å². The van der Waals surface area contributed by atoms with E-state index < -0.39 is 10.0 Å². The monoisotopic (exact) mass is 332 g/mol. The Bertz CT molecular complexity index is 602. The molecule has 0 atom stereocenters. The third-order valence-corrected chi connectivity index (χ3v) is 4.53. The molecular weight excluding hydrogens is 312 g/mol. The molecule has 1 aromatic carbocycles. The summed E-state index contributed by atoms with van der Waals surface area (Å²) >= 11 is 5.86. The first kappa shape index (κ1) is 17.9. The van der Waals surface area contributed by atoms with Crippen molar-refractivity contribution in [1.29, 1.82) is 0 Å². The molecule has 118 valence electrons. The molecule has 0 heterocycles. The fourth-order valence-corrected chi connectivity index (χ4v) is 3.06. The summed E-state index contributed by atoms with van der Waals surface area (Å²) in [6.45, 7) is 4.36. The molecule has 0 saturated heterocycles. The summed E-state index contributed by atoms with van der Waals surface area (Å²) in [6, 6.07) is 5.19.